The van der Waals surface area contributed by atoms with Crippen molar-refractivity contribution >= 4 is 17.5 Å². The third-order valence-corrected chi connectivity index (χ3v) is 5.48. The van der Waals surface area contributed by atoms with Gasteiger partial charge in [-0.25, -0.2) is 9.48 Å². The zero-order chi connectivity index (χ0) is 18.8. The van der Waals surface area contributed by atoms with Gasteiger partial charge in [-0.2, -0.15) is 5.10 Å². The Labute approximate surface area is 159 Å². The number of hydrogen-bond acceptors (Lipinski definition) is 4. The van der Waals surface area contributed by atoms with Crippen LogP contribution >= 0.6 is 0 Å². The lowest BCUT2D eigenvalue weighted by molar-refractivity contribution is 0.181. The van der Waals surface area contributed by atoms with Gasteiger partial charge in [0.2, 0.25) is 0 Å². The van der Waals surface area contributed by atoms with E-state index in [4.69, 9.17) is 4.74 Å². The maximum atomic E-state index is 13.1. The maximum Gasteiger partial charge on any atom is 0.323 e. The number of nitrogens with zero attached hydrogens (tertiary/aromatic N) is 4. The van der Waals surface area contributed by atoms with Gasteiger partial charge in [0, 0.05) is 57.0 Å². The molecule has 0 saturated carbocycles. The first-order valence-electron chi connectivity index (χ1n) is 9.58. The molecule has 4 rings (SSSR count). The molecule has 144 valence electrons. The molecule has 7 heteroatoms. The first-order chi connectivity index (χ1) is 13.1. The number of rotatable bonds is 3. The van der Waals surface area contributed by atoms with Gasteiger partial charge < -0.3 is 14.5 Å². The van der Waals surface area contributed by atoms with Crippen LogP contribution in [-0.4, -0.2) is 53.6 Å². The maximum absolute atomic E-state index is 13.1. The van der Waals surface area contributed by atoms with Crippen molar-refractivity contribution in [2.45, 2.75) is 32.5 Å². The van der Waals surface area contributed by atoms with Crippen LogP contribution in [0.1, 0.15) is 18.9 Å². The fraction of sp³-hybridized carbons (Fsp3) is 0.500. The van der Waals surface area contributed by atoms with Gasteiger partial charge in [0.25, 0.3) is 0 Å². The second-order valence-corrected chi connectivity index (χ2v) is 7.54. The SMILES string of the molecule is C[C@H]1CN(C)c2ccccc2CN1C(=O)Nc1ccnn1CC1CCOC1. The topological polar surface area (TPSA) is 62.6 Å². The van der Waals surface area contributed by atoms with Crippen LogP contribution in [0.5, 0.6) is 0 Å². The Morgan fingerprint density at radius 3 is 3.00 bits per heavy atom. The lowest BCUT2D eigenvalue weighted by Crippen LogP contribution is -2.44. The van der Waals surface area contributed by atoms with E-state index in [0.717, 1.165) is 44.1 Å². The van der Waals surface area contributed by atoms with Gasteiger partial charge in [-0.1, -0.05) is 18.2 Å². The molecule has 1 fully saturated rings. The quantitative estimate of drug-likeness (QED) is 0.904. The summed E-state index contributed by atoms with van der Waals surface area (Å²) in [4.78, 5) is 17.2. The summed E-state index contributed by atoms with van der Waals surface area (Å²) in [6, 6.07) is 10.1. The van der Waals surface area contributed by atoms with Crippen LogP contribution in [0.15, 0.2) is 36.5 Å². The number of ether oxygens (including phenoxy) is 1. The van der Waals surface area contributed by atoms with Gasteiger partial charge in [0.05, 0.1) is 12.8 Å². The highest BCUT2D eigenvalue weighted by molar-refractivity contribution is 5.89. The van der Waals surface area contributed by atoms with E-state index >= 15 is 0 Å². The van der Waals surface area contributed by atoms with Gasteiger partial charge in [-0.3, -0.25) is 5.32 Å². The van der Waals surface area contributed by atoms with E-state index in [2.05, 4.69) is 41.4 Å². The molecule has 2 aliphatic heterocycles. The van der Waals surface area contributed by atoms with Crippen molar-refractivity contribution in [3.8, 4) is 0 Å². The second-order valence-electron chi connectivity index (χ2n) is 7.54. The van der Waals surface area contributed by atoms with Crippen LogP contribution < -0.4 is 10.2 Å². The number of hydrogen-bond donors (Lipinski definition) is 1. The van der Waals surface area contributed by atoms with Crippen LogP contribution in [0, 0.1) is 5.92 Å². The smallest absolute Gasteiger partial charge is 0.323 e. The minimum Gasteiger partial charge on any atom is -0.381 e. The Kier molecular flexibility index (Phi) is 5.03. The lowest BCUT2D eigenvalue weighted by Gasteiger charge is -2.28. The third kappa shape index (κ3) is 3.78. The van der Waals surface area contributed by atoms with Gasteiger partial charge >= 0.3 is 6.03 Å². The average Bonchev–Trinajstić information content (AvgIpc) is 3.30. The van der Waals surface area contributed by atoms with Gasteiger partial charge in [0.1, 0.15) is 5.82 Å². The standard InChI is InChI=1S/C20H27N5O2/c1-15-11-23(2)18-6-4-3-5-17(18)13-24(15)20(26)22-19-7-9-21-25(19)12-16-8-10-27-14-16/h3-7,9,15-16H,8,10-14H2,1-2H3,(H,22,26)/t15-,16?/m0/s1. The zero-order valence-electron chi connectivity index (χ0n) is 16.0. The highest BCUT2D eigenvalue weighted by Crippen LogP contribution is 2.26. The number of benzene rings is 1. The Morgan fingerprint density at radius 1 is 1.33 bits per heavy atom. The molecule has 0 bridgehead atoms. The van der Waals surface area contributed by atoms with Crippen molar-refractivity contribution in [3.63, 3.8) is 0 Å². The molecule has 2 atom stereocenters. The molecule has 1 saturated heterocycles. The van der Waals surface area contributed by atoms with Gasteiger partial charge in [-0.05, 0) is 25.0 Å². The van der Waals surface area contributed by atoms with E-state index in [0.29, 0.717) is 12.5 Å². The number of anilines is 2. The first-order valence-corrected chi connectivity index (χ1v) is 9.58. The van der Waals surface area contributed by atoms with E-state index < -0.39 is 0 Å². The van der Waals surface area contributed by atoms with Gasteiger partial charge in [0.15, 0.2) is 0 Å². The zero-order valence-corrected chi connectivity index (χ0v) is 16.0. The summed E-state index contributed by atoms with van der Waals surface area (Å²) in [6.07, 6.45) is 2.78. The summed E-state index contributed by atoms with van der Waals surface area (Å²) in [5.74, 6) is 1.20. The summed E-state index contributed by atoms with van der Waals surface area (Å²) >= 11 is 0. The minimum atomic E-state index is -0.0861. The molecule has 2 aliphatic rings. The summed E-state index contributed by atoms with van der Waals surface area (Å²) in [5, 5.41) is 7.45. The number of likely N-dealkylation sites (N-methyl/N-ethyl adjacent to an activating group) is 1. The Bertz CT molecular complexity index is 799. The monoisotopic (exact) mass is 369 g/mol. The highest BCUT2D eigenvalue weighted by Gasteiger charge is 2.27. The second kappa shape index (κ2) is 7.60. The molecule has 1 aromatic heterocycles. The van der Waals surface area contributed by atoms with E-state index in [9.17, 15) is 4.79 Å². The van der Waals surface area contributed by atoms with Gasteiger partial charge in [-0.15, -0.1) is 0 Å². The predicted octanol–water partition coefficient (Wildman–Crippen LogP) is 2.79. The molecule has 1 N–H and O–H groups in total. The summed E-state index contributed by atoms with van der Waals surface area (Å²) in [7, 11) is 2.08. The van der Waals surface area contributed by atoms with E-state index in [1.807, 2.05) is 27.8 Å². The molecular weight excluding hydrogens is 342 g/mol. The number of carbonyl (C=O) groups excluding carboxylic acids is 1. The van der Waals surface area contributed by atoms with Crippen molar-refractivity contribution in [2.24, 2.45) is 5.92 Å². The van der Waals surface area contributed by atoms with E-state index in [1.54, 1.807) is 6.20 Å². The third-order valence-electron chi connectivity index (χ3n) is 5.48. The van der Waals surface area contributed by atoms with Crippen molar-refractivity contribution in [2.75, 3.05) is 37.0 Å². The van der Waals surface area contributed by atoms with Crippen molar-refractivity contribution in [1.29, 1.82) is 0 Å². The summed E-state index contributed by atoms with van der Waals surface area (Å²) < 4.78 is 7.33. The molecule has 2 aromatic rings. The number of urea groups is 1. The molecule has 1 aromatic carbocycles. The number of fused-ring (bicyclic) bond motifs is 1. The van der Waals surface area contributed by atoms with Crippen LogP contribution in [0.25, 0.3) is 0 Å². The molecule has 1 unspecified atom stereocenters. The number of amides is 2. The van der Waals surface area contributed by atoms with Crippen LogP contribution in [0.4, 0.5) is 16.3 Å². The Morgan fingerprint density at radius 2 is 2.19 bits per heavy atom. The minimum absolute atomic E-state index is 0.0861. The van der Waals surface area contributed by atoms with Crippen LogP contribution in [0.3, 0.4) is 0 Å². The highest BCUT2D eigenvalue weighted by atomic mass is 16.5. The molecule has 3 heterocycles. The molecule has 7 nitrogen and oxygen atoms in total. The molecular formula is C20H27N5O2. The van der Waals surface area contributed by atoms with Crippen LogP contribution in [-0.2, 0) is 17.8 Å². The summed E-state index contributed by atoms with van der Waals surface area (Å²) in [6.45, 7) is 5.82. The van der Waals surface area contributed by atoms with Crippen LogP contribution in [0.2, 0.25) is 0 Å². The molecule has 0 aliphatic carbocycles. The number of carbonyl (C=O) groups is 1. The molecule has 27 heavy (non-hydrogen) atoms. The number of para-hydroxylation sites is 1. The summed E-state index contributed by atoms with van der Waals surface area (Å²) in [5.41, 5.74) is 2.35. The Balaban J connectivity index is 1.49. The van der Waals surface area contributed by atoms with Crippen molar-refractivity contribution < 1.29 is 9.53 Å². The van der Waals surface area contributed by atoms with E-state index in [-0.39, 0.29) is 12.1 Å². The molecule has 0 radical (unpaired) electrons. The first kappa shape index (κ1) is 17.9. The number of nitrogens with one attached hydrogen (secondary N) is 1. The largest absolute Gasteiger partial charge is 0.381 e. The fourth-order valence-electron chi connectivity index (χ4n) is 3.96. The lowest BCUT2D eigenvalue weighted by atomic mass is 10.1. The average molecular weight is 369 g/mol. The predicted molar refractivity (Wildman–Crippen MR) is 105 cm³/mol. The van der Waals surface area contributed by atoms with Crippen molar-refractivity contribution in [1.82, 2.24) is 14.7 Å². The number of aromatic nitrogens is 2. The normalized spacial score (nSPS) is 22.4. The Hall–Kier alpha value is -2.54. The fourth-order valence-corrected chi connectivity index (χ4v) is 3.96. The molecule has 0 spiro atoms. The van der Waals surface area contributed by atoms with E-state index in [1.165, 1.54) is 5.69 Å². The van der Waals surface area contributed by atoms with Crippen molar-refractivity contribution in [3.05, 3.63) is 42.1 Å². The molecule has 2 amide bonds.